The SMILES string of the molecule is Fc1cccc(-c2cnc(F)c(I)c2)c1F. The van der Waals surface area contributed by atoms with E-state index in [2.05, 4.69) is 4.98 Å². The monoisotopic (exact) mass is 335 g/mol. The molecular weight excluding hydrogens is 330 g/mol. The highest BCUT2D eigenvalue weighted by Crippen LogP contribution is 2.25. The molecule has 0 aliphatic heterocycles. The Hall–Kier alpha value is -1.11. The summed E-state index contributed by atoms with van der Waals surface area (Å²) < 4.78 is 39.6. The number of pyridine rings is 1. The quantitative estimate of drug-likeness (QED) is 0.571. The van der Waals surface area contributed by atoms with Crippen LogP contribution < -0.4 is 0 Å². The van der Waals surface area contributed by atoms with Crippen LogP contribution in [0.2, 0.25) is 0 Å². The fraction of sp³-hybridized carbons (Fsp3) is 0. The van der Waals surface area contributed by atoms with Crippen molar-refractivity contribution in [3.63, 3.8) is 0 Å². The highest BCUT2D eigenvalue weighted by Gasteiger charge is 2.11. The number of nitrogens with zero attached hydrogens (tertiary/aromatic N) is 1. The van der Waals surface area contributed by atoms with Gasteiger partial charge in [-0.2, -0.15) is 4.39 Å². The van der Waals surface area contributed by atoms with Gasteiger partial charge in [-0.05, 0) is 34.7 Å². The molecule has 0 amide bonds. The third-order valence-electron chi connectivity index (χ3n) is 2.06. The number of aromatic nitrogens is 1. The fourth-order valence-corrected chi connectivity index (χ4v) is 1.77. The van der Waals surface area contributed by atoms with Gasteiger partial charge in [0.25, 0.3) is 0 Å². The van der Waals surface area contributed by atoms with E-state index in [-0.39, 0.29) is 9.13 Å². The first-order valence-corrected chi connectivity index (χ1v) is 5.43. The molecule has 0 radical (unpaired) electrons. The zero-order valence-electron chi connectivity index (χ0n) is 7.85. The second kappa shape index (κ2) is 4.40. The number of benzene rings is 1. The third kappa shape index (κ3) is 2.04. The molecular formula is C11H5F3IN. The Bertz CT molecular complexity index is 543. The smallest absolute Gasteiger partial charge is 0.226 e. The number of halogens is 4. The summed E-state index contributed by atoms with van der Waals surface area (Å²) in [5.41, 5.74) is 0.424. The molecule has 0 saturated carbocycles. The summed E-state index contributed by atoms with van der Waals surface area (Å²) in [7, 11) is 0. The Morgan fingerprint density at radius 3 is 2.56 bits per heavy atom. The molecule has 0 bridgehead atoms. The molecule has 0 aliphatic carbocycles. The van der Waals surface area contributed by atoms with Gasteiger partial charge in [0.05, 0.1) is 3.57 Å². The van der Waals surface area contributed by atoms with Crippen LogP contribution in [-0.4, -0.2) is 4.98 Å². The Balaban J connectivity index is 2.59. The Labute approximate surface area is 103 Å². The van der Waals surface area contributed by atoms with Crippen LogP contribution in [-0.2, 0) is 0 Å². The van der Waals surface area contributed by atoms with Crippen LogP contribution in [0.15, 0.2) is 30.5 Å². The maximum atomic E-state index is 13.4. The second-order valence-electron chi connectivity index (χ2n) is 3.10. The van der Waals surface area contributed by atoms with Crippen LogP contribution in [0.4, 0.5) is 13.2 Å². The van der Waals surface area contributed by atoms with E-state index in [0.717, 1.165) is 6.07 Å². The van der Waals surface area contributed by atoms with Crippen molar-refractivity contribution in [2.24, 2.45) is 0 Å². The van der Waals surface area contributed by atoms with Crippen molar-refractivity contribution in [3.05, 3.63) is 51.6 Å². The molecule has 0 fully saturated rings. The van der Waals surface area contributed by atoms with E-state index in [0.29, 0.717) is 5.56 Å². The van der Waals surface area contributed by atoms with Gasteiger partial charge in [0.2, 0.25) is 5.95 Å². The summed E-state index contributed by atoms with van der Waals surface area (Å²) in [6, 6.07) is 5.26. The molecule has 0 spiro atoms. The largest absolute Gasteiger partial charge is 0.227 e. The lowest BCUT2D eigenvalue weighted by Crippen LogP contribution is -1.93. The molecule has 5 heteroatoms. The molecule has 1 aromatic heterocycles. The molecule has 1 aromatic carbocycles. The van der Waals surface area contributed by atoms with Gasteiger partial charge in [0.1, 0.15) is 0 Å². The van der Waals surface area contributed by atoms with E-state index < -0.39 is 17.6 Å². The fourth-order valence-electron chi connectivity index (χ4n) is 1.30. The van der Waals surface area contributed by atoms with Gasteiger partial charge in [0, 0.05) is 17.3 Å². The minimum atomic E-state index is -0.952. The lowest BCUT2D eigenvalue weighted by molar-refractivity contribution is 0.511. The van der Waals surface area contributed by atoms with E-state index in [9.17, 15) is 13.2 Å². The van der Waals surface area contributed by atoms with Crippen LogP contribution in [0.1, 0.15) is 0 Å². The molecule has 2 aromatic rings. The van der Waals surface area contributed by atoms with Gasteiger partial charge in [-0.3, -0.25) is 0 Å². The van der Waals surface area contributed by atoms with E-state index in [4.69, 9.17) is 0 Å². The van der Waals surface area contributed by atoms with Crippen molar-refractivity contribution < 1.29 is 13.2 Å². The minimum absolute atomic E-state index is 0.0745. The Morgan fingerprint density at radius 2 is 1.88 bits per heavy atom. The van der Waals surface area contributed by atoms with Crippen molar-refractivity contribution in [1.82, 2.24) is 4.98 Å². The molecule has 2 rings (SSSR count). The zero-order chi connectivity index (χ0) is 11.7. The van der Waals surface area contributed by atoms with Crippen molar-refractivity contribution >= 4 is 22.6 Å². The van der Waals surface area contributed by atoms with Gasteiger partial charge in [-0.15, -0.1) is 0 Å². The summed E-state index contributed by atoms with van der Waals surface area (Å²) >= 11 is 1.74. The second-order valence-corrected chi connectivity index (χ2v) is 4.26. The van der Waals surface area contributed by atoms with Crippen LogP contribution >= 0.6 is 22.6 Å². The van der Waals surface area contributed by atoms with E-state index in [1.807, 2.05) is 0 Å². The maximum absolute atomic E-state index is 13.4. The van der Waals surface area contributed by atoms with Gasteiger partial charge >= 0.3 is 0 Å². The van der Waals surface area contributed by atoms with Gasteiger partial charge in [-0.1, -0.05) is 12.1 Å². The first kappa shape index (κ1) is 11.4. The summed E-state index contributed by atoms with van der Waals surface area (Å²) in [5, 5.41) is 0. The highest BCUT2D eigenvalue weighted by atomic mass is 127. The molecule has 0 aliphatic rings. The van der Waals surface area contributed by atoms with Crippen molar-refractivity contribution in [3.8, 4) is 11.1 Å². The third-order valence-corrected chi connectivity index (χ3v) is 2.82. The maximum Gasteiger partial charge on any atom is 0.226 e. The standard InChI is InChI=1S/C11H5F3IN/c12-8-3-1-2-7(10(8)13)6-4-9(15)11(14)16-5-6/h1-5H. The average molecular weight is 335 g/mol. The van der Waals surface area contributed by atoms with Crippen molar-refractivity contribution in [1.29, 1.82) is 0 Å². The molecule has 0 N–H and O–H groups in total. The predicted octanol–water partition coefficient (Wildman–Crippen LogP) is 3.77. The van der Waals surface area contributed by atoms with Crippen molar-refractivity contribution in [2.45, 2.75) is 0 Å². The lowest BCUT2D eigenvalue weighted by atomic mass is 10.1. The van der Waals surface area contributed by atoms with Gasteiger partial charge in [-0.25, -0.2) is 13.8 Å². The first-order chi connectivity index (χ1) is 7.59. The molecule has 82 valence electrons. The molecule has 16 heavy (non-hydrogen) atoms. The van der Waals surface area contributed by atoms with Crippen LogP contribution in [0, 0.1) is 21.2 Å². The average Bonchev–Trinajstić information content (AvgIpc) is 2.26. The predicted molar refractivity (Wildman–Crippen MR) is 62.3 cm³/mol. The van der Waals surface area contributed by atoms with E-state index in [1.54, 1.807) is 22.6 Å². The Morgan fingerprint density at radius 1 is 1.12 bits per heavy atom. The van der Waals surface area contributed by atoms with Crippen molar-refractivity contribution in [2.75, 3.05) is 0 Å². The normalized spacial score (nSPS) is 10.5. The van der Waals surface area contributed by atoms with E-state index in [1.165, 1.54) is 24.4 Å². The highest BCUT2D eigenvalue weighted by molar-refractivity contribution is 14.1. The minimum Gasteiger partial charge on any atom is -0.227 e. The summed E-state index contributed by atoms with van der Waals surface area (Å²) in [6.07, 6.45) is 1.18. The molecule has 0 atom stereocenters. The molecule has 0 unspecified atom stereocenters. The van der Waals surface area contributed by atoms with E-state index >= 15 is 0 Å². The number of rotatable bonds is 1. The van der Waals surface area contributed by atoms with Gasteiger partial charge < -0.3 is 0 Å². The first-order valence-electron chi connectivity index (χ1n) is 4.35. The topological polar surface area (TPSA) is 12.9 Å². The molecule has 1 nitrogen and oxygen atoms in total. The number of hydrogen-bond acceptors (Lipinski definition) is 1. The van der Waals surface area contributed by atoms with Crippen LogP contribution in [0.25, 0.3) is 11.1 Å². The summed E-state index contributed by atoms with van der Waals surface area (Å²) in [6.45, 7) is 0. The zero-order valence-corrected chi connectivity index (χ0v) is 10.0. The lowest BCUT2D eigenvalue weighted by Gasteiger charge is -2.04. The Kier molecular flexibility index (Phi) is 3.13. The van der Waals surface area contributed by atoms with Crippen LogP contribution in [0.5, 0.6) is 0 Å². The van der Waals surface area contributed by atoms with Crippen LogP contribution in [0.3, 0.4) is 0 Å². The molecule has 0 saturated heterocycles. The van der Waals surface area contributed by atoms with Gasteiger partial charge in [0.15, 0.2) is 11.6 Å². The molecule has 1 heterocycles. The summed E-state index contributed by atoms with van der Waals surface area (Å²) in [4.78, 5) is 3.46. The summed E-state index contributed by atoms with van der Waals surface area (Å²) in [5.74, 6) is -2.51. The number of hydrogen-bond donors (Lipinski definition) is 0.